The van der Waals surface area contributed by atoms with Crippen LogP contribution in [0.3, 0.4) is 0 Å². The van der Waals surface area contributed by atoms with Crippen LogP contribution < -0.4 is 0 Å². The van der Waals surface area contributed by atoms with Crippen molar-refractivity contribution < 1.29 is 10.2 Å². The first kappa shape index (κ1) is 19.2. The summed E-state index contributed by atoms with van der Waals surface area (Å²) in [6.45, 7) is 9.61. The van der Waals surface area contributed by atoms with Crippen LogP contribution in [0.25, 0.3) is 0 Å². The van der Waals surface area contributed by atoms with Crippen molar-refractivity contribution in [2.45, 2.75) is 104 Å². The van der Waals surface area contributed by atoms with Gasteiger partial charge in [-0.15, -0.1) is 0 Å². The molecule has 150 valence electrons. The van der Waals surface area contributed by atoms with Gasteiger partial charge in [-0.25, -0.2) is 0 Å². The summed E-state index contributed by atoms with van der Waals surface area (Å²) < 4.78 is 0. The predicted molar refractivity (Wildman–Crippen MR) is 107 cm³/mol. The minimum atomic E-state index is -0.176. The lowest BCUT2D eigenvalue weighted by Crippen LogP contribution is -2.61. The Bertz CT molecular complexity index is 518. The molecular weight excluding hydrogens is 320 g/mol. The van der Waals surface area contributed by atoms with Gasteiger partial charge >= 0.3 is 0 Å². The van der Waals surface area contributed by atoms with Crippen molar-refractivity contribution in [3.05, 3.63) is 0 Å². The fourth-order valence-electron chi connectivity index (χ4n) is 8.84. The van der Waals surface area contributed by atoms with Crippen LogP contribution in [0.2, 0.25) is 0 Å². The summed E-state index contributed by atoms with van der Waals surface area (Å²) in [6.07, 6.45) is 12.0. The molecule has 0 aromatic heterocycles. The molecule has 0 bridgehead atoms. The molecule has 4 saturated carbocycles. The van der Waals surface area contributed by atoms with Crippen LogP contribution >= 0.6 is 0 Å². The van der Waals surface area contributed by atoms with Crippen LogP contribution in [0.15, 0.2) is 0 Å². The molecule has 0 aliphatic heterocycles. The molecule has 0 amide bonds. The third-order valence-electron chi connectivity index (χ3n) is 10.2. The minimum Gasteiger partial charge on any atom is -0.393 e. The summed E-state index contributed by atoms with van der Waals surface area (Å²) in [7, 11) is 0. The van der Waals surface area contributed by atoms with E-state index in [1.807, 2.05) is 0 Å². The summed E-state index contributed by atoms with van der Waals surface area (Å²) in [4.78, 5) is 0. The van der Waals surface area contributed by atoms with E-state index in [4.69, 9.17) is 0 Å². The first-order chi connectivity index (χ1) is 12.3. The Morgan fingerprint density at radius 2 is 1.77 bits per heavy atom. The molecule has 0 spiro atoms. The molecule has 0 aromatic rings. The largest absolute Gasteiger partial charge is 0.393 e. The van der Waals surface area contributed by atoms with Gasteiger partial charge in [0.25, 0.3) is 0 Å². The van der Waals surface area contributed by atoms with E-state index in [-0.39, 0.29) is 17.6 Å². The number of hydrogen-bond donors (Lipinski definition) is 2. The fourth-order valence-corrected chi connectivity index (χ4v) is 8.84. The van der Waals surface area contributed by atoms with Crippen molar-refractivity contribution in [1.82, 2.24) is 0 Å². The van der Waals surface area contributed by atoms with Gasteiger partial charge in [0.05, 0.1) is 12.2 Å². The number of aliphatic hydroxyl groups is 2. The maximum atomic E-state index is 11.5. The van der Waals surface area contributed by atoms with Crippen LogP contribution in [0.4, 0.5) is 0 Å². The van der Waals surface area contributed by atoms with Crippen LogP contribution in [-0.4, -0.2) is 22.4 Å². The third-order valence-corrected chi connectivity index (χ3v) is 10.2. The molecule has 2 heteroatoms. The van der Waals surface area contributed by atoms with E-state index in [9.17, 15) is 10.2 Å². The lowest BCUT2D eigenvalue weighted by atomic mass is 9.43. The maximum absolute atomic E-state index is 11.5. The Kier molecular flexibility index (Phi) is 5.01. The molecule has 0 radical (unpaired) electrons. The van der Waals surface area contributed by atoms with Crippen molar-refractivity contribution in [1.29, 1.82) is 0 Å². The zero-order chi connectivity index (χ0) is 18.7. The maximum Gasteiger partial charge on any atom is 0.0602 e. The standard InChI is InChI=1S/C24H42O2/c1-5-8-15(2)17-10-11-18-22-19(14-21(26)24(17,18)4)23(3)12-7-6-9-16(23)13-20(22)25/h15-22,25-26H,5-14H2,1-4H3/t15?,16?,17-,18+,19+,20-,21+,22+,23?,24?/m1/s1. The van der Waals surface area contributed by atoms with E-state index in [1.54, 1.807) is 0 Å². The van der Waals surface area contributed by atoms with Gasteiger partial charge in [0.15, 0.2) is 0 Å². The van der Waals surface area contributed by atoms with E-state index in [0.717, 1.165) is 12.8 Å². The Morgan fingerprint density at radius 3 is 2.50 bits per heavy atom. The van der Waals surface area contributed by atoms with Gasteiger partial charge in [-0.3, -0.25) is 0 Å². The molecule has 26 heavy (non-hydrogen) atoms. The number of hydrogen-bond acceptors (Lipinski definition) is 2. The first-order valence-corrected chi connectivity index (χ1v) is 11.7. The van der Waals surface area contributed by atoms with E-state index in [2.05, 4.69) is 27.7 Å². The van der Waals surface area contributed by atoms with Crippen LogP contribution in [0.1, 0.15) is 91.9 Å². The van der Waals surface area contributed by atoms with E-state index < -0.39 is 0 Å². The number of fused-ring (bicyclic) bond motifs is 5. The topological polar surface area (TPSA) is 40.5 Å². The molecular formula is C24H42O2. The summed E-state index contributed by atoms with van der Waals surface area (Å²) >= 11 is 0. The minimum absolute atomic E-state index is 0.0224. The lowest BCUT2D eigenvalue weighted by Gasteiger charge is -2.63. The Hall–Kier alpha value is -0.0800. The summed E-state index contributed by atoms with van der Waals surface area (Å²) in [6, 6.07) is 0. The normalized spacial score (nSPS) is 54.9. The smallest absolute Gasteiger partial charge is 0.0602 e. The number of rotatable bonds is 3. The van der Waals surface area contributed by atoms with E-state index in [1.165, 1.54) is 51.4 Å². The molecule has 4 rings (SSSR count). The average molecular weight is 363 g/mol. The van der Waals surface area contributed by atoms with Crippen LogP contribution in [-0.2, 0) is 0 Å². The molecule has 10 atom stereocenters. The summed E-state index contributed by atoms with van der Waals surface area (Å²) in [5.74, 6) is 3.49. The summed E-state index contributed by atoms with van der Waals surface area (Å²) in [5.41, 5.74) is 0.381. The highest BCUT2D eigenvalue weighted by atomic mass is 16.3. The highest BCUT2D eigenvalue weighted by Gasteiger charge is 2.65. The van der Waals surface area contributed by atoms with Crippen molar-refractivity contribution in [2.75, 3.05) is 0 Å². The predicted octanol–water partition coefficient (Wildman–Crippen LogP) is 5.41. The highest BCUT2D eigenvalue weighted by Crippen LogP contribution is 2.68. The molecule has 4 fully saturated rings. The van der Waals surface area contributed by atoms with Gasteiger partial charge in [0.2, 0.25) is 0 Å². The van der Waals surface area contributed by atoms with Crippen LogP contribution in [0.5, 0.6) is 0 Å². The molecule has 0 saturated heterocycles. The van der Waals surface area contributed by atoms with Gasteiger partial charge in [0, 0.05) is 0 Å². The molecule has 4 aliphatic rings. The second kappa shape index (κ2) is 6.76. The fraction of sp³-hybridized carbons (Fsp3) is 1.00. The van der Waals surface area contributed by atoms with Gasteiger partial charge in [-0.05, 0) is 84.9 Å². The zero-order valence-corrected chi connectivity index (χ0v) is 17.6. The van der Waals surface area contributed by atoms with E-state index in [0.29, 0.717) is 40.9 Å². The Morgan fingerprint density at radius 1 is 1.00 bits per heavy atom. The number of aliphatic hydroxyl groups excluding tert-OH is 2. The highest BCUT2D eigenvalue weighted by molar-refractivity contribution is 5.14. The molecule has 2 N–H and O–H groups in total. The molecule has 0 aromatic carbocycles. The molecule has 2 nitrogen and oxygen atoms in total. The van der Waals surface area contributed by atoms with Gasteiger partial charge in [-0.1, -0.05) is 53.4 Å². The Labute approximate surface area is 161 Å². The van der Waals surface area contributed by atoms with E-state index >= 15 is 0 Å². The monoisotopic (exact) mass is 362 g/mol. The second-order valence-corrected chi connectivity index (χ2v) is 11.1. The summed E-state index contributed by atoms with van der Waals surface area (Å²) in [5, 5.41) is 22.7. The second-order valence-electron chi connectivity index (χ2n) is 11.1. The molecule has 0 heterocycles. The van der Waals surface area contributed by atoms with Gasteiger partial charge in [0.1, 0.15) is 0 Å². The van der Waals surface area contributed by atoms with Crippen molar-refractivity contribution >= 4 is 0 Å². The Balaban J connectivity index is 1.67. The van der Waals surface area contributed by atoms with Crippen molar-refractivity contribution in [3.8, 4) is 0 Å². The lowest BCUT2D eigenvalue weighted by molar-refractivity contribution is -0.201. The van der Waals surface area contributed by atoms with Gasteiger partial charge in [-0.2, -0.15) is 0 Å². The van der Waals surface area contributed by atoms with Crippen molar-refractivity contribution in [2.24, 2.45) is 46.3 Å². The van der Waals surface area contributed by atoms with Crippen LogP contribution in [0, 0.1) is 46.3 Å². The molecule has 4 aliphatic carbocycles. The quantitative estimate of drug-likeness (QED) is 0.704. The SMILES string of the molecule is CCCC(C)[C@H]1CC[C@H]2[C@@H]3[C@H](O)CC4CCCCC4(C)[C@H]3C[C@H](O)C12C. The first-order valence-electron chi connectivity index (χ1n) is 11.7. The third kappa shape index (κ3) is 2.57. The molecule has 4 unspecified atom stereocenters. The zero-order valence-electron chi connectivity index (χ0n) is 17.6. The van der Waals surface area contributed by atoms with Crippen molar-refractivity contribution in [3.63, 3.8) is 0 Å². The van der Waals surface area contributed by atoms with Gasteiger partial charge < -0.3 is 10.2 Å². The average Bonchev–Trinajstić information content (AvgIpc) is 2.95.